The minimum absolute atomic E-state index is 0.218. The lowest BCUT2D eigenvalue weighted by atomic mass is 10.0. The van der Waals surface area contributed by atoms with Crippen LogP contribution in [0.15, 0.2) is 6.07 Å². The normalized spacial score (nSPS) is 11.2. The third-order valence-electron chi connectivity index (χ3n) is 1.94. The first kappa shape index (κ1) is 12.2. The van der Waals surface area contributed by atoms with Gasteiger partial charge in [-0.3, -0.25) is 4.79 Å². The fourth-order valence-electron chi connectivity index (χ4n) is 1.48. The van der Waals surface area contributed by atoms with Gasteiger partial charge in [-0.05, 0) is 20.8 Å². The number of rotatable bonds is 4. The van der Waals surface area contributed by atoms with Crippen LogP contribution in [0.25, 0.3) is 0 Å². The molecule has 0 fully saturated rings. The minimum atomic E-state index is -0.459. The summed E-state index contributed by atoms with van der Waals surface area (Å²) in [6.07, 6.45) is 0.218. The lowest BCUT2D eigenvalue weighted by Crippen LogP contribution is -2.36. The number of nitrogens with one attached hydrogen (secondary N) is 1. The maximum Gasteiger partial charge on any atom is 0.219 e. The van der Waals surface area contributed by atoms with E-state index in [9.17, 15) is 4.79 Å². The highest BCUT2D eigenvalue weighted by Gasteiger charge is 2.21. The molecule has 0 bridgehead atoms. The van der Waals surface area contributed by atoms with Crippen LogP contribution in [0.5, 0.6) is 0 Å². The lowest BCUT2D eigenvalue weighted by molar-refractivity contribution is -0.118. The molecular formula is C10H17N5O. The zero-order chi connectivity index (χ0) is 12.3. The third kappa shape index (κ3) is 3.72. The highest BCUT2D eigenvalue weighted by molar-refractivity contribution is 5.75. The Kier molecular flexibility index (Phi) is 3.31. The van der Waals surface area contributed by atoms with Crippen molar-refractivity contribution in [1.82, 2.24) is 9.97 Å². The van der Waals surface area contributed by atoms with E-state index in [0.717, 1.165) is 0 Å². The number of anilines is 2. The van der Waals surface area contributed by atoms with E-state index in [1.54, 1.807) is 13.0 Å². The molecule has 16 heavy (non-hydrogen) atoms. The second-order valence-corrected chi connectivity index (χ2v) is 4.38. The van der Waals surface area contributed by atoms with Gasteiger partial charge in [0, 0.05) is 18.0 Å². The molecule has 0 unspecified atom stereocenters. The highest BCUT2D eigenvalue weighted by Crippen LogP contribution is 2.17. The van der Waals surface area contributed by atoms with Crippen molar-refractivity contribution in [2.24, 2.45) is 5.73 Å². The molecule has 88 valence electrons. The predicted octanol–water partition coefficient (Wildman–Crippen LogP) is 0.433. The summed E-state index contributed by atoms with van der Waals surface area (Å²) in [4.78, 5) is 19.0. The van der Waals surface area contributed by atoms with E-state index in [0.29, 0.717) is 17.5 Å². The quantitative estimate of drug-likeness (QED) is 0.686. The Bertz CT molecular complexity index is 382. The Morgan fingerprint density at radius 2 is 2.12 bits per heavy atom. The summed E-state index contributed by atoms with van der Waals surface area (Å²) in [5.74, 6) is 1.20. The number of hydrogen-bond donors (Lipinski definition) is 3. The molecule has 0 spiro atoms. The molecule has 1 rings (SSSR count). The Morgan fingerprint density at radius 3 is 2.62 bits per heavy atom. The second-order valence-electron chi connectivity index (χ2n) is 4.38. The molecule has 0 saturated heterocycles. The molecule has 5 N–H and O–H groups in total. The van der Waals surface area contributed by atoms with Gasteiger partial charge in [0.05, 0.1) is 0 Å². The monoisotopic (exact) mass is 223 g/mol. The number of carbonyl (C=O) groups is 1. The van der Waals surface area contributed by atoms with E-state index in [1.807, 2.05) is 13.8 Å². The SMILES string of the molecule is Cc1nc(N)cc(NC(C)(C)CC(N)=O)n1. The van der Waals surface area contributed by atoms with Crippen molar-refractivity contribution in [3.05, 3.63) is 11.9 Å². The maximum atomic E-state index is 10.9. The van der Waals surface area contributed by atoms with E-state index in [-0.39, 0.29) is 12.3 Å². The van der Waals surface area contributed by atoms with Gasteiger partial charge in [0.25, 0.3) is 0 Å². The largest absolute Gasteiger partial charge is 0.384 e. The average molecular weight is 223 g/mol. The zero-order valence-corrected chi connectivity index (χ0v) is 9.74. The smallest absolute Gasteiger partial charge is 0.219 e. The van der Waals surface area contributed by atoms with Gasteiger partial charge < -0.3 is 16.8 Å². The summed E-state index contributed by atoms with van der Waals surface area (Å²) < 4.78 is 0. The number of aryl methyl sites for hydroxylation is 1. The first-order valence-corrected chi connectivity index (χ1v) is 4.96. The van der Waals surface area contributed by atoms with Crippen LogP contribution in [0.2, 0.25) is 0 Å². The third-order valence-corrected chi connectivity index (χ3v) is 1.94. The molecule has 1 amide bonds. The van der Waals surface area contributed by atoms with E-state index in [4.69, 9.17) is 11.5 Å². The fraction of sp³-hybridized carbons (Fsp3) is 0.500. The van der Waals surface area contributed by atoms with Crippen LogP contribution in [-0.4, -0.2) is 21.4 Å². The van der Waals surface area contributed by atoms with Crippen LogP contribution < -0.4 is 16.8 Å². The Balaban J connectivity index is 2.83. The molecule has 1 aromatic heterocycles. The molecule has 0 radical (unpaired) electrons. The molecule has 1 heterocycles. The summed E-state index contributed by atoms with van der Waals surface area (Å²) in [6.45, 7) is 5.49. The average Bonchev–Trinajstić information content (AvgIpc) is 1.95. The van der Waals surface area contributed by atoms with Crippen LogP contribution in [0, 0.1) is 6.92 Å². The van der Waals surface area contributed by atoms with Crippen molar-refractivity contribution >= 4 is 17.5 Å². The summed E-state index contributed by atoms with van der Waals surface area (Å²) >= 11 is 0. The number of hydrogen-bond acceptors (Lipinski definition) is 5. The number of nitrogens with zero attached hydrogens (tertiary/aromatic N) is 2. The van der Waals surface area contributed by atoms with E-state index in [1.165, 1.54) is 0 Å². The van der Waals surface area contributed by atoms with E-state index in [2.05, 4.69) is 15.3 Å². The van der Waals surface area contributed by atoms with Crippen LogP contribution in [0.3, 0.4) is 0 Å². The van der Waals surface area contributed by atoms with Crippen molar-refractivity contribution < 1.29 is 4.79 Å². The van der Waals surface area contributed by atoms with Crippen molar-refractivity contribution in [2.75, 3.05) is 11.1 Å². The first-order valence-electron chi connectivity index (χ1n) is 4.96. The van der Waals surface area contributed by atoms with Crippen LogP contribution in [0.4, 0.5) is 11.6 Å². The van der Waals surface area contributed by atoms with Gasteiger partial charge in [-0.25, -0.2) is 9.97 Å². The number of nitrogens with two attached hydrogens (primary N) is 2. The molecule has 0 atom stereocenters. The number of carbonyl (C=O) groups excluding carboxylic acids is 1. The van der Waals surface area contributed by atoms with Gasteiger partial charge >= 0.3 is 0 Å². The van der Waals surface area contributed by atoms with Crippen molar-refractivity contribution in [1.29, 1.82) is 0 Å². The van der Waals surface area contributed by atoms with Crippen LogP contribution >= 0.6 is 0 Å². The van der Waals surface area contributed by atoms with Gasteiger partial charge in [-0.2, -0.15) is 0 Å². The van der Waals surface area contributed by atoms with E-state index >= 15 is 0 Å². The molecule has 0 aliphatic rings. The minimum Gasteiger partial charge on any atom is -0.384 e. The van der Waals surface area contributed by atoms with Gasteiger partial charge in [0.2, 0.25) is 5.91 Å². The summed E-state index contributed by atoms with van der Waals surface area (Å²) in [6, 6.07) is 1.62. The van der Waals surface area contributed by atoms with Crippen molar-refractivity contribution in [2.45, 2.75) is 32.7 Å². The van der Waals surface area contributed by atoms with Gasteiger partial charge in [-0.15, -0.1) is 0 Å². The number of amides is 1. The van der Waals surface area contributed by atoms with Crippen LogP contribution in [0.1, 0.15) is 26.1 Å². The molecule has 0 aromatic carbocycles. The van der Waals surface area contributed by atoms with Crippen molar-refractivity contribution in [3.8, 4) is 0 Å². The highest BCUT2D eigenvalue weighted by atomic mass is 16.1. The molecule has 0 aliphatic carbocycles. The first-order chi connectivity index (χ1) is 7.28. The second kappa shape index (κ2) is 4.34. The van der Waals surface area contributed by atoms with E-state index < -0.39 is 5.54 Å². The zero-order valence-electron chi connectivity index (χ0n) is 9.74. The lowest BCUT2D eigenvalue weighted by Gasteiger charge is -2.25. The molecular weight excluding hydrogens is 206 g/mol. The standard InChI is InChI=1S/C10H17N5O/c1-6-13-7(11)4-9(14-6)15-10(2,3)5-8(12)16/h4H,5H2,1-3H3,(H2,12,16)(H3,11,13,14,15). The molecule has 6 nitrogen and oxygen atoms in total. The summed E-state index contributed by atoms with van der Waals surface area (Å²) in [5, 5.41) is 3.10. The van der Waals surface area contributed by atoms with Crippen molar-refractivity contribution in [3.63, 3.8) is 0 Å². The number of nitrogen functional groups attached to an aromatic ring is 1. The summed E-state index contributed by atoms with van der Waals surface area (Å²) in [5.41, 5.74) is 10.3. The molecule has 6 heteroatoms. The topological polar surface area (TPSA) is 107 Å². The Hall–Kier alpha value is -1.85. The van der Waals surface area contributed by atoms with Gasteiger partial charge in [-0.1, -0.05) is 0 Å². The van der Waals surface area contributed by atoms with Crippen LogP contribution in [-0.2, 0) is 4.79 Å². The number of primary amides is 1. The van der Waals surface area contributed by atoms with Gasteiger partial charge in [0.1, 0.15) is 17.5 Å². The Labute approximate surface area is 94.5 Å². The number of aromatic nitrogens is 2. The fourth-order valence-corrected chi connectivity index (χ4v) is 1.48. The Morgan fingerprint density at radius 1 is 1.50 bits per heavy atom. The summed E-state index contributed by atoms with van der Waals surface area (Å²) in [7, 11) is 0. The molecule has 0 aliphatic heterocycles. The maximum absolute atomic E-state index is 10.9. The molecule has 1 aromatic rings. The predicted molar refractivity (Wildman–Crippen MR) is 62.7 cm³/mol. The van der Waals surface area contributed by atoms with Gasteiger partial charge in [0.15, 0.2) is 0 Å². The molecule has 0 saturated carbocycles.